The predicted octanol–water partition coefficient (Wildman–Crippen LogP) is 3.66. The molecule has 1 aliphatic rings. The number of pyridine rings is 1. The first kappa shape index (κ1) is 16.4. The molecular weight excluding hydrogens is 319 g/mol. The topological polar surface area (TPSA) is 34.6 Å². The third-order valence-electron chi connectivity index (χ3n) is 4.20. The fraction of sp³-hybridized carbons (Fsp3) is 0.471. The molecule has 1 saturated heterocycles. The molecule has 3 rings (SSSR count). The van der Waals surface area contributed by atoms with Crippen LogP contribution >= 0.6 is 11.6 Å². The summed E-state index contributed by atoms with van der Waals surface area (Å²) in [7, 11) is 1.66. The Bertz CT molecular complexity index is 675. The molecule has 0 saturated carbocycles. The highest BCUT2D eigenvalue weighted by Gasteiger charge is 2.23. The highest BCUT2D eigenvalue weighted by molar-refractivity contribution is 6.35. The lowest BCUT2D eigenvalue weighted by atomic mass is 10.1. The molecule has 1 aromatic carbocycles. The van der Waals surface area contributed by atoms with E-state index in [4.69, 9.17) is 21.1 Å². The molecule has 1 fully saturated rings. The van der Waals surface area contributed by atoms with Gasteiger partial charge in [0.1, 0.15) is 5.52 Å². The second kappa shape index (κ2) is 7.43. The summed E-state index contributed by atoms with van der Waals surface area (Å²) in [5.41, 5.74) is 0.913. The Labute approximate surface area is 140 Å². The molecule has 2 heterocycles. The van der Waals surface area contributed by atoms with Crippen LogP contribution in [-0.4, -0.2) is 44.5 Å². The summed E-state index contributed by atoms with van der Waals surface area (Å²) in [6.45, 7) is 2.74. The van der Waals surface area contributed by atoms with E-state index < -0.39 is 0 Å². The van der Waals surface area contributed by atoms with Crippen molar-refractivity contribution in [1.29, 1.82) is 0 Å². The van der Waals surface area contributed by atoms with Crippen LogP contribution in [0.4, 0.5) is 10.1 Å². The fourth-order valence-electron chi connectivity index (χ4n) is 2.95. The van der Waals surface area contributed by atoms with E-state index in [2.05, 4.69) is 4.98 Å². The van der Waals surface area contributed by atoms with Crippen molar-refractivity contribution in [3.05, 3.63) is 35.2 Å². The maximum absolute atomic E-state index is 14.8. The summed E-state index contributed by atoms with van der Waals surface area (Å²) in [4.78, 5) is 6.19. The minimum Gasteiger partial charge on any atom is -0.382 e. The summed E-state index contributed by atoms with van der Waals surface area (Å²) in [5.74, 6) is -0.302. The van der Waals surface area contributed by atoms with E-state index in [-0.39, 0.29) is 11.9 Å². The maximum atomic E-state index is 14.8. The minimum atomic E-state index is -0.302. The third-order valence-corrected chi connectivity index (χ3v) is 4.53. The zero-order valence-electron chi connectivity index (χ0n) is 13.1. The Morgan fingerprint density at radius 3 is 2.78 bits per heavy atom. The molecule has 6 heteroatoms. The van der Waals surface area contributed by atoms with Gasteiger partial charge < -0.3 is 14.4 Å². The number of fused-ring (bicyclic) bond motifs is 1. The van der Waals surface area contributed by atoms with E-state index in [0.717, 1.165) is 25.9 Å². The van der Waals surface area contributed by atoms with Crippen molar-refractivity contribution in [2.45, 2.75) is 18.9 Å². The number of halogens is 2. The van der Waals surface area contributed by atoms with Crippen molar-refractivity contribution in [3.8, 4) is 0 Å². The number of ether oxygens (including phenoxy) is 2. The maximum Gasteiger partial charge on any atom is 0.172 e. The van der Waals surface area contributed by atoms with Gasteiger partial charge in [-0.05, 0) is 31.0 Å². The number of hydrogen-bond donors (Lipinski definition) is 0. The lowest BCUT2D eigenvalue weighted by Crippen LogP contribution is -2.37. The zero-order valence-corrected chi connectivity index (χ0v) is 13.9. The molecule has 4 nitrogen and oxygen atoms in total. The van der Waals surface area contributed by atoms with E-state index in [1.807, 2.05) is 11.0 Å². The predicted molar refractivity (Wildman–Crippen MR) is 89.8 cm³/mol. The van der Waals surface area contributed by atoms with Crippen LogP contribution in [0.25, 0.3) is 10.9 Å². The lowest BCUT2D eigenvalue weighted by molar-refractivity contribution is 0.00606. The minimum absolute atomic E-state index is 0.220. The average Bonchev–Trinajstić information content (AvgIpc) is 2.57. The van der Waals surface area contributed by atoms with Gasteiger partial charge in [-0.15, -0.1) is 0 Å². The Kier molecular flexibility index (Phi) is 5.30. The summed E-state index contributed by atoms with van der Waals surface area (Å²) in [6.07, 6.45) is 3.51. The molecule has 124 valence electrons. The molecule has 0 radical (unpaired) electrons. The van der Waals surface area contributed by atoms with E-state index in [1.54, 1.807) is 19.2 Å². The van der Waals surface area contributed by atoms with E-state index in [9.17, 15) is 4.39 Å². The van der Waals surface area contributed by atoms with Crippen LogP contribution in [-0.2, 0) is 9.47 Å². The SMILES string of the molecule is COCCOC1CCN(c2ccc3c(Cl)ccnc3c2F)CC1. The van der Waals surface area contributed by atoms with Gasteiger partial charge in [0, 0.05) is 31.8 Å². The summed E-state index contributed by atoms with van der Waals surface area (Å²) in [6, 6.07) is 5.30. The Morgan fingerprint density at radius 2 is 2.04 bits per heavy atom. The number of benzene rings is 1. The van der Waals surface area contributed by atoms with Crippen molar-refractivity contribution in [2.75, 3.05) is 38.3 Å². The highest BCUT2D eigenvalue weighted by Crippen LogP contribution is 2.31. The van der Waals surface area contributed by atoms with E-state index in [1.165, 1.54) is 6.20 Å². The second-order valence-electron chi connectivity index (χ2n) is 5.64. The number of piperidine rings is 1. The van der Waals surface area contributed by atoms with Crippen molar-refractivity contribution >= 4 is 28.2 Å². The number of methoxy groups -OCH3 is 1. The van der Waals surface area contributed by atoms with Crippen LogP contribution in [0.15, 0.2) is 24.4 Å². The molecular formula is C17H20ClFN2O2. The van der Waals surface area contributed by atoms with Gasteiger partial charge in [0.2, 0.25) is 0 Å². The first-order valence-corrected chi connectivity index (χ1v) is 8.16. The average molecular weight is 339 g/mol. The van der Waals surface area contributed by atoms with Crippen molar-refractivity contribution in [2.24, 2.45) is 0 Å². The lowest BCUT2D eigenvalue weighted by Gasteiger charge is -2.33. The van der Waals surface area contributed by atoms with Crippen LogP contribution in [0.5, 0.6) is 0 Å². The van der Waals surface area contributed by atoms with Crippen LogP contribution in [0.3, 0.4) is 0 Å². The molecule has 23 heavy (non-hydrogen) atoms. The van der Waals surface area contributed by atoms with Crippen molar-refractivity contribution in [1.82, 2.24) is 4.98 Å². The molecule has 1 aromatic heterocycles. The van der Waals surface area contributed by atoms with Gasteiger partial charge >= 0.3 is 0 Å². The molecule has 0 amide bonds. The van der Waals surface area contributed by atoms with Gasteiger partial charge in [0.05, 0.1) is 30.0 Å². The van der Waals surface area contributed by atoms with Crippen LogP contribution in [0, 0.1) is 5.82 Å². The Morgan fingerprint density at radius 1 is 1.26 bits per heavy atom. The number of hydrogen-bond acceptors (Lipinski definition) is 4. The van der Waals surface area contributed by atoms with Crippen LogP contribution in [0.1, 0.15) is 12.8 Å². The van der Waals surface area contributed by atoms with Crippen molar-refractivity contribution in [3.63, 3.8) is 0 Å². The molecule has 0 spiro atoms. The molecule has 0 N–H and O–H groups in total. The van der Waals surface area contributed by atoms with Crippen molar-refractivity contribution < 1.29 is 13.9 Å². The second-order valence-corrected chi connectivity index (χ2v) is 6.04. The monoisotopic (exact) mass is 338 g/mol. The molecule has 0 atom stereocenters. The van der Waals surface area contributed by atoms with E-state index >= 15 is 0 Å². The summed E-state index contributed by atoms with van der Waals surface area (Å²) >= 11 is 6.10. The molecule has 0 aliphatic carbocycles. The highest BCUT2D eigenvalue weighted by atomic mass is 35.5. The third kappa shape index (κ3) is 3.57. The van der Waals surface area contributed by atoms with Gasteiger partial charge in [-0.3, -0.25) is 4.98 Å². The summed E-state index contributed by atoms with van der Waals surface area (Å²) < 4.78 is 25.5. The summed E-state index contributed by atoms with van der Waals surface area (Å²) in [5, 5.41) is 1.17. The first-order valence-electron chi connectivity index (χ1n) is 7.79. The first-order chi connectivity index (χ1) is 11.2. The smallest absolute Gasteiger partial charge is 0.172 e. The molecule has 2 aromatic rings. The van der Waals surface area contributed by atoms with Gasteiger partial charge in [0.15, 0.2) is 5.82 Å². The Balaban J connectivity index is 1.71. The van der Waals surface area contributed by atoms with Crippen LogP contribution < -0.4 is 4.90 Å². The van der Waals surface area contributed by atoms with Crippen LogP contribution in [0.2, 0.25) is 5.02 Å². The number of nitrogens with zero attached hydrogens (tertiary/aromatic N) is 2. The quantitative estimate of drug-likeness (QED) is 0.779. The number of aromatic nitrogens is 1. The molecule has 0 unspecified atom stereocenters. The van der Waals surface area contributed by atoms with Gasteiger partial charge in [-0.25, -0.2) is 4.39 Å². The number of anilines is 1. The van der Waals surface area contributed by atoms with E-state index in [0.29, 0.717) is 34.8 Å². The fourth-order valence-corrected chi connectivity index (χ4v) is 3.15. The standard InChI is InChI=1S/C17H20ClFN2O2/c1-22-10-11-23-12-5-8-21(9-6-12)15-3-2-13-14(18)4-7-20-17(13)16(15)19/h2-4,7,12H,5-6,8-11H2,1H3. The largest absolute Gasteiger partial charge is 0.382 e. The molecule has 0 bridgehead atoms. The van der Waals surface area contributed by atoms with Gasteiger partial charge in [0.25, 0.3) is 0 Å². The zero-order chi connectivity index (χ0) is 16.2. The van der Waals surface area contributed by atoms with Gasteiger partial charge in [-0.2, -0.15) is 0 Å². The normalized spacial score (nSPS) is 16.2. The number of rotatable bonds is 5. The molecule has 1 aliphatic heterocycles. The van der Waals surface area contributed by atoms with Gasteiger partial charge in [-0.1, -0.05) is 11.6 Å². The Hall–Kier alpha value is -1.43.